The Labute approximate surface area is 156 Å². The van der Waals surface area contributed by atoms with Gasteiger partial charge in [0.25, 0.3) is 0 Å². The van der Waals surface area contributed by atoms with Gasteiger partial charge in [-0.15, -0.1) is 0 Å². The Morgan fingerprint density at radius 1 is 1.23 bits per heavy atom. The summed E-state index contributed by atoms with van der Waals surface area (Å²) in [5, 5.41) is 7.32. The molecule has 26 heavy (non-hydrogen) atoms. The van der Waals surface area contributed by atoms with Crippen LogP contribution >= 0.6 is 0 Å². The fourth-order valence-corrected chi connectivity index (χ4v) is 4.58. The lowest BCUT2D eigenvalue weighted by Gasteiger charge is -2.31. The van der Waals surface area contributed by atoms with Gasteiger partial charge in [0.2, 0.25) is 5.95 Å². The van der Waals surface area contributed by atoms with Crippen molar-refractivity contribution >= 4 is 11.8 Å². The fourth-order valence-electron chi connectivity index (χ4n) is 4.58. The van der Waals surface area contributed by atoms with Gasteiger partial charge in [-0.2, -0.15) is 4.98 Å². The van der Waals surface area contributed by atoms with Crippen LogP contribution in [-0.2, 0) is 0 Å². The Bertz CT molecular complexity index is 593. The molecule has 4 rings (SSSR count). The molecule has 0 bridgehead atoms. The average molecular weight is 360 g/mol. The highest BCUT2D eigenvalue weighted by Crippen LogP contribution is 2.28. The van der Waals surface area contributed by atoms with Crippen molar-refractivity contribution in [3.63, 3.8) is 0 Å². The van der Waals surface area contributed by atoms with Crippen LogP contribution in [-0.4, -0.2) is 54.3 Å². The number of nitrogens with zero attached hydrogens (tertiary/aromatic N) is 3. The monoisotopic (exact) mass is 359 g/mol. The fraction of sp³-hybridized carbons (Fsp3) is 0.789. The van der Waals surface area contributed by atoms with Crippen molar-refractivity contribution < 1.29 is 0 Å². The zero-order valence-electron chi connectivity index (χ0n) is 16.0. The molecule has 0 radical (unpaired) electrons. The molecule has 0 amide bonds. The topological polar surface area (TPSA) is 77.1 Å². The quantitative estimate of drug-likeness (QED) is 0.647. The smallest absolute Gasteiger partial charge is 0.227 e. The Morgan fingerprint density at radius 3 is 3.04 bits per heavy atom. The summed E-state index contributed by atoms with van der Waals surface area (Å²) in [6.07, 6.45) is 6.66. The highest BCUT2D eigenvalue weighted by atomic mass is 15.4. The van der Waals surface area contributed by atoms with E-state index in [2.05, 4.69) is 45.2 Å². The first-order valence-electron chi connectivity index (χ1n) is 10.3. The largest absolute Gasteiger partial charge is 0.367 e. The van der Waals surface area contributed by atoms with Gasteiger partial charge < -0.3 is 15.5 Å². The molecule has 7 nitrogen and oxygen atoms in total. The molecule has 4 unspecified atom stereocenters. The first-order chi connectivity index (χ1) is 12.7. The maximum absolute atomic E-state index is 4.83. The normalized spacial score (nSPS) is 32.3. The van der Waals surface area contributed by atoms with Crippen molar-refractivity contribution in [3.8, 4) is 0 Å². The maximum atomic E-state index is 4.83. The van der Waals surface area contributed by atoms with Crippen LogP contribution in [0.1, 0.15) is 39.5 Å². The average Bonchev–Trinajstić information content (AvgIpc) is 2.96. The summed E-state index contributed by atoms with van der Waals surface area (Å²) in [7, 11) is 0. The highest BCUT2D eigenvalue weighted by Gasteiger charge is 2.33. The summed E-state index contributed by atoms with van der Waals surface area (Å²) in [5.41, 5.74) is 6.70. The van der Waals surface area contributed by atoms with E-state index in [0.29, 0.717) is 24.0 Å². The molecule has 144 valence electrons. The molecule has 4 atom stereocenters. The second-order valence-electron chi connectivity index (χ2n) is 8.37. The van der Waals surface area contributed by atoms with Crippen molar-refractivity contribution in [1.82, 2.24) is 26.1 Å². The molecule has 2 aliphatic heterocycles. The van der Waals surface area contributed by atoms with Crippen molar-refractivity contribution in [2.24, 2.45) is 11.8 Å². The van der Waals surface area contributed by atoms with E-state index in [1.807, 2.05) is 12.3 Å². The summed E-state index contributed by atoms with van der Waals surface area (Å²) in [6.45, 7) is 8.64. The van der Waals surface area contributed by atoms with Gasteiger partial charge in [-0.3, -0.25) is 10.9 Å². The molecule has 1 aromatic rings. The number of rotatable bonds is 4. The lowest BCUT2D eigenvalue weighted by Crippen LogP contribution is -2.39. The molecule has 7 heteroatoms. The Morgan fingerprint density at radius 2 is 2.15 bits per heavy atom. The first-order valence-corrected chi connectivity index (χ1v) is 10.3. The van der Waals surface area contributed by atoms with Crippen molar-refractivity contribution in [2.75, 3.05) is 36.4 Å². The van der Waals surface area contributed by atoms with Crippen LogP contribution in [0.5, 0.6) is 0 Å². The number of hydrazine groups is 1. The number of hydrogen-bond donors (Lipinski definition) is 4. The molecular formula is C19H33N7. The number of nitrogens with one attached hydrogen (secondary N) is 4. The van der Waals surface area contributed by atoms with Gasteiger partial charge in [-0.25, -0.2) is 4.98 Å². The maximum Gasteiger partial charge on any atom is 0.227 e. The molecule has 3 fully saturated rings. The summed E-state index contributed by atoms with van der Waals surface area (Å²) in [6, 6.07) is 3.75. The van der Waals surface area contributed by atoms with E-state index in [0.717, 1.165) is 50.3 Å². The molecule has 1 saturated carbocycles. The van der Waals surface area contributed by atoms with Gasteiger partial charge in [-0.1, -0.05) is 13.8 Å². The van der Waals surface area contributed by atoms with Gasteiger partial charge in [-0.05, 0) is 43.6 Å². The Kier molecular flexibility index (Phi) is 5.57. The van der Waals surface area contributed by atoms with E-state index in [4.69, 9.17) is 4.98 Å². The van der Waals surface area contributed by atoms with Crippen LogP contribution in [0.4, 0.5) is 11.8 Å². The lowest BCUT2D eigenvalue weighted by molar-refractivity contribution is 0.314. The minimum absolute atomic E-state index is 0.511. The van der Waals surface area contributed by atoms with Crippen molar-refractivity contribution in [3.05, 3.63) is 12.3 Å². The van der Waals surface area contributed by atoms with E-state index in [-0.39, 0.29) is 0 Å². The van der Waals surface area contributed by atoms with Crippen LogP contribution in [0.3, 0.4) is 0 Å². The summed E-state index contributed by atoms with van der Waals surface area (Å²) >= 11 is 0. The predicted octanol–water partition coefficient (Wildman–Crippen LogP) is 1.36. The summed E-state index contributed by atoms with van der Waals surface area (Å²) in [5.74, 6) is 3.22. The minimum Gasteiger partial charge on any atom is -0.367 e. The van der Waals surface area contributed by atoms with Gasteiger partial charge in [0, 0.05) is 50.5 Å². The molecule has 4 N–H and O–H groups in total. The number of anilines is 2. The minimum atomic E-state index is 0.511. The predicted molar refractivity (Wildman–Crippen MR) is 105 cm³/mol. The highest BCUT2D eigenvalue weighted by molar-refractivity contribution is 5.42. The van der Waals surface area contributed by atoms with Gasteiger partial charge >= 0.3 is 0 Å². The van der Waals surface area contributed by atoms with Crippen molar-refractivity contribution in [2.45, 2.75) is 57.7 Å². The molecule has 2 saturated heterocycles. The number of aromatic nitrogens is 2. The number of hydrogen-bond acceptors (Lipinski definition) is 7. The SMILES string of the molecule is CC(C)C1CCN(c2nccc(NC3CCC4NNCC4C3)n2)CCN1. The Hall–Kier alpha value is -1.44. The number of fused-ring (bicyclic) bond motifs is 1. The molecule has 1 aliphatic carbocycles. The van der Waals surface area contributed by atoms with Crippen LogP contribution in [0.25, 0.3) is 0 Å². The lowest BCUT2D eigenvalue weighted by atomic mass is 9.83. The van der Waals surface area contributed by atoms with Crippen molar-refractivity contribution in [1.29, 1.82) is 0 Å². The van der Waals surface area contributed by atoms with E-state index in [1.165, 1.54) is 19.3 Å². The van der Waals surface area contributed by atoms with Gasteiger partial charge in [0.15, 0.2) is 0 Å². The van der Waals surface area contributed by atoms with Crippen LogP contribution in [0.15, 0.2) is 12.3 Å². The molecule has 3 aliphatic rings. The summed E-state index contributed by atoms with van der Waals surface area (Å²) in [4.78, 5) is 11.7. The molecular weight excluding hydrogens is 326 g/mol. The van der Waals surface area contributed by atoms with E-state index >= 15 is 0 Å². The third-order valence-electron chi connectivity index (χ3n) is 6.21. The van der Waals surface area contributed by atoms with Crippen LogP contribution in [0, 0.1) is 11.8 Å². The van der Waals surface area contributed by atoms with E-state index in [1.54, 1.807) is 0 Å². The zero-order valence-corrected chi connectivity index (χ0v) is 16.0. The Balaban J connectivity index is 1.37. The first kappa shape index (κ1) is 17.9. The third kappa shape index (κ3) is 4.10. The molecule has 0 spiro atoms. The van der Waals surface area contributed by atoms with Crippen LogP contribution in [0.2, 0.25) is 0 Å². The zero-order chi connectivity index (χ0) is 17.9. The van der Waals surface area contributed by atoms with E-state index < -0.39 is 0 Å². The second kappa shape index (κ2) is 8.06. The van der Waals surface area contributed by atoms with Gasteiger partial charge in [0.1, 0.15) is 5.82 Å². The van der Waals surface area contributed by atoms with Gasteiger partial charge in [0.05, 0.1) is 0 Å². The third-order valence-corrected chi connectivity index (χ3v) is 6.21. The molecule has 3 heterocycles. The standard InChI is InChI=1S/C19H33N7/c1-13(2)16-6-9-26(10-8-20-16)19-21-7-5-18(24-19)23-15-3-4-17-14(11-15)12-22-25-17/h5,7,13-17,20,22,25H,3-4,6,8-12H2,1-2H3,(H,21,23,24). The van der Waals surface area contributed by atoms with Crippen LogP contribution < -0.4 is 26.4 Å². The van der Waals surface area contributed by atoms with E-state index in [9.17, 15) is 0 Å². The molecule has 1 aromatic heterocycles. The second-order valence-corrected chi connectivity index (χ2v) is 8.37. The summed E-state index contributed by atoms with van der Waals surface area (Å²) < 4.78 is 0. The molecule has 0 aromatic carbocycles.